The summed E-state index contributed by atoms with van der Waals surface area (Å²) in [7, 11) is 1.55. The molecular formula is C11H10ClNO3. The van der Waals surface area contributed by atoms with Gasteiger partial charge in [0, 0.05) is 0 Å². The first-order valence-corrected chi connectivity index (χ1v) is 5.22. The van der Waals surface area contributed by atoms with E-state index in [2.05, 4.69) is 0 Å². The summed E-state index contributed by atoms with van der Waals surface area (Å²) in [6, 6.07) is 6.70. The van der Waals surface area contributed by atoms with Crippen molar-refractivity contribution >= 4 is 29.1 Å². The van der Waals surface area contributed by atoms with Gasteiger partial charge in [-0.05, 0) is 24.3 Å². The van der Waals surface area contributed by atoms with Gasteiger partial charge in [-0.15, -0.1) is 11.6 Å². The van der Waals surface area contributed by atoms with Crippen molar-refractivity contribution in [2.24, 2.45) is 0 Å². The van der Waals surface area contributed by atoms with Gasteiger partial charge >= 0.3 is 0 Å². The molecule has 0 unspecified atom stereocenters. The van der Waals surface area contributed by atoms with Crippen molar-refractivity contribution in [3.8, 4) is 5.75 Å². The van der Waals surface area contributed by atoms with Gasteiger partial charge in [-0.25, -0.2) is 4.90 Å². The Kier molecular flexibility index (Phi) is 2.83. The molecule has 0 N–H and O–H groups in total. The Morgan fingerprint density at radius 1 is 1.31 bits per heavy atom. The van der Waals surface area contributed by atoms with Crippen molar-refractivity contribution in [2.75, 3.05) is 12.0 Å². The highest BCUT2D eigenvalue weighted by Crippen LogP contribution is 2.26. The summed E-state index contributed by atoms with van der Waals surface area (Å²) in [5.41, 5.74) is 0.527. The molecule has 1 aliphatic rings. The van der Waals surface area contributed by atoms with Crippen LogP contribution < -0.4 is 9.64 Å². The van der Waals surface area contributed by atoms with Crippen molar-refractivity contribution in [3.63, 3.8) is 0 Å². The molecule has 84 valence electrons. The first-order chi connectivity index (χ1) is 7.63. The van der Waals surface area contributed by atoms with E-state index in [1.807, 2.05) is 0 Å². The minimum Gasteiger partial charge on any atom is -0.497 e. The molecule has 1 atom stereocenters. The van der Waals surface area contributed by atoms with E-state index in [0.29, 0.717) is 11.4 Å². The van der Waals surface area contributed by atoms with Crippen molar-refractivity contribution in [3.05, 3.63) is 24.3 Å². The van der Waals surface area contributed by atoms with E-state index in [9.17, 15) is 9.59 Å². The molecule has 0 spiro atoms. The molecule has 16 heavy (non-hydrogen) atoms. The van der Waals surface area contributed by atoms with Crippen LogP contribution in [0.2, 0.25) is 0 Å². The van der Waals surface area contributed by atoms with Gasteiger partial charge < -0.3 is 4.74 Å². The minimum atomic E-state index is -0.741. The van der Waals surface area contributed by atoms with Crippen molar-refractivity contribution in [1.82, 2.24) is 0 Å². The van der Waals surface area contributed by atoms with E-state index in [4.69, 9.17) is 16.3 Å². The lowest BCUT2D eigenvalue weighted by atomic mass is 10.3. The van der Waals surface area contributed by atoms with Crippen LogP contribution in [-0.4, -0.2) is 24.3 Å². The smallest absolute Gasteiger partial charge is 0.252 e. The van der Waals surface area contributed by atoms with Crippen molar-refractivity contribution < 1.29 is 14.3 Å². The van der Waals surface area contributed by atoms with Crippen LogP contribution >= 0.6 is 11.6 Å². The van der Waals surface area contributed by atoms with Gasteiger partial charge in [0.15, 0.2) is 0 Å². The molecule has 0 saturated carbocycles. The Morgan fingerprint density at radius 3 is 2.38 bits per heavy atom. The number of anilines is 1. The second-order valence-electron chi connectivity index (χ2n) is 3.44. The first-order valence-electron chi connectivity index (χ1n) is 4.78. The summed E-state index contributed by atoms with van der Waals surface area (Å²) >= 11 is 5.72. The molecule has 2 amide bonds. The summed E-state index contributed by atoms with van der Waals surface area (Å²) in [6.07, 6.45) is 0.0619. The number of amides is 2. The maximum atomic E-state index is 11.6. The number of methoxy groups -OCH3 is 1. The monoisotopic (exact) mass is 239 g/mol. The summed E-state index contributed by atoms with van der Waals surface area (Å²) < 4.78 is 4.99. The zero-order valence-corrected chi connectivity index (χ0v) is 9.40. The molecule has 0 radical (unpaired) electrons. The number of hydrogen-bond acceptors (Lipinski definition) is 3. The number of hydrogen-bond donors (Lipinski definition) is 0. The van der Waals surface area contributed by atoms with Gasteiger partial charge in [0.05, 0.1) is 19.2 Å². The Morgan fingerprint density at radius 2 is 1.94 bits per heavy atom. The molecule has 0 bridgehead atoms. The van der Waals surface area contributed by atoms with Crippen molar-refractivity contribution in [1.29, 1.82) is 0 Å². The second-order valence-corrected chi connectivity index (χ2v) is 3.96. The highest BCUT2D eigenvalue weighted by molar-refractivity contribution is 6.40. The summed E-state index contributed by atoms with van der Waals surface area (Å²) in [5, 5.41) is -0.741. The summed E-state index contributed by atoms with van der Waals surface area (Å²) in [4.78, 5) is 24.3. The van der Waals surface area contributed by atoms with E-state index in [-0.39, 0.29) is 18.2 Å². The molecule has 1 aromatic rings. The zero-order valence-electron chi connectivity index (χ0n) is 8.64. The van der Waals surface area contributed by atoms with Crippen molar-refractivity contribution in [2.45, 2.75) is 11.8 Å². The van der Waals surface area contributed by atoms with Crippen LogP contribution in [0.25, 0.3) is 0 Å². The molecular weight excluding hydrogens is 230 g/mol. The Balaban J connectivity index is 2.30. The standard InChI is InChI=1S/C11H10ClNO3/c1-16-8-4-2-7(3-5-8)13-10(14)6-9(12)11(13)15/h2-5,9H,6H2,1H3/t9-/m0/s1. The number of imide groups is 1. The number of halogens is 1. The maximum Gasteiger partial charge on any atom is 0.252 e. The van der Waals surface area contributed by atoms with Crippen LogP contribution in [0.3, 0.4) is 0 Å². The van der Waals surface area contributed by atoms with Crippen LogP contribution in [0.5, 0.6) is 5.75 Å². The average molecular weight is 240 g/mol. The van der Waals surface area contributed by atoms with Crippen LogP contribution in [0.1, 0.15) is 6.42 Å². The maximum absolute atomic E-state index is 11.6. The molecule has 1 aromatic carbocycles. The predicted octanol–water partition coefficient (Wildman–Crippen LogP) is 1.57. The number of benzene rings is 1. The first kappa shape index (κ1) is 11.0. The third kappa shape index (κ3) is 1.76. The van der Waals surface area contributed by atoms with Crippen LogP contribution in [0, 0.1) is 0 Å². The molecule has 1 aliphatic heterocycles. The van der Waals surface area contributed by atoms with Gasteiger partial charge in [-0.2, -0.15) is 0 Å². The van der Waals surface area contributed by atoms with Gasteiger partial charge in [0.1, 0.15) is 11.1 Å². The van der Waals surface area contributed by atoms with Crippen LogP contribution in [0.15, 0.2) is 24.3 Å². The zero-order chi connectivity index (χ0) is 11.7. The highest BCUT2D eigenvalue weighted by Gasteiger charge is 2.38. The lowest BCUT2D eigenvalue weighted by molar-refractivity contribution is -0.121. The number of carbonyl (C=O) groups excluding carboxylic acids is 2. The number of carbonyl (C=O) groups is 2. The molecule has 1 saturated heterocycles. The second kappa shape index (κ2) is 4.14. The fourth-order valence-electron chi connectivity index (χ4n) is 1.60. The average Bonchev–Trinajstić information content (AvgIpc) is 2.54. The van der Waals surface area contributed by atoms with Gasteiger partial charge in [-0.1, -0.05) is 0 Å². The Hall–Kier alpha value is -1.55. The normalized spacial score (nSPS) is 20.4. The number of alkyl halides is 1. The SMILES string of the molecule is COc1ccc(N2C(=O)C[C@H](Cl)C2=O)cc1. The topological polar surface area (TPSA) is 46.6 Å². The molecule has 2 rings (SSSR count). The quantitative estimate of drug-likeness (QED) is 0.581. The van der Waals surface area contributed by atoms with Gasteiger partial charge in [0.25, 0.3) is 5.91 Å². The molecule has 0 aliphatic carbocycles. The lowest BCUT2D eigenvalue weighted by Gasteiger charge is -2.14. The molecule has 0 aromatic heterocycles. The van der Waals surface area contributed by atoms with E-state index in [1.54, 1.807) is 31.4 Å². The minimum absolute atomic E-state index is 0.0619. The van der Waals surface area contributed by atoms with Crippen LogP contribution in [0.4, 0.5) is 5.69 Å². The molecule has 1 fully saturated rings. The van der Waals surface area contributed by atoms with E-state index >= 15 is 0 Å². The number of rotatable bonds is 2. The third-order valence-electron chi connectivity index (χ3n) is 2.42. The van der Waals surface area contributed by atoms with Gasteiger partial charge in [0.2, 0.25) is 5.91 Å². The summed E-state index contributed by atoms with van der Waals surface area (Å²) in [6.45, 7) is 0. The summed E-state index contributed by atoms with van der Waals surface area (Å²) in [5.74, 6) is 0.0391. The third-order valence-corrected chi connectivity index (χ3v) is 2.76. The molecule has 5 heteroatoms. The predicted molar refractivity (Wildman–Crippen MR) is 59.7 cm³/mol. The largest absolute Gasteiger partial charge is 0.497 e. The number of ether oxygens (including phenoxy) is 1. The fourth-order valence-corrected chi connectivity index (χ4v) is 1.83. The Labute approximate surface area is 97.7 Å². The number of nitrogens with zero attached hydrogens (tertiary/aromatic N) is 1. The lowest BCUT2D eigenvalue weighted by Crippen LogP contribution is -2.30. The highest BCUT2D eigenvalue weighted by atomic mass is 35.5. The molecule has 1 heterocycles. The van der Waals surface area contributed by atoms with E-state index in [1.165, 1.54) is 0 Å². The Bertz CT molecular complexity index is 429. The van der Waals surface area contributed by atoms with E-state index in [0.717, 1.165) is 4.90 Å². The molecule has 4 nitrogen and oxygen atoms in total. The van der Waals surface area contributed by atoms with Crippen LogP contribution in [-0.2, 0) is 9.59 Å². The van der Waals surface area contributed by atoms with E-state index < -0.39 is 5.38 Å². The van der Waals surface area contributed by atoms with Gasteiger partial charge in [-0.3, -0.25) is 9.59 Å². The fraction of sp³-hybridized carbons (Fsp3) is 0.273.